The number of carboxylic acids is 1. The SMILES string of the molecule is COc1c(CC(=O)O)cc(C(F)F)nc1CCl. The summed E-state index contributed by atoms with van der Waals surface area (Å²) in [4.78, 5) is 14.3. The minimum absolute atomic E-state index is 0.114. The molecule has 4 nitrogen and oxygen atoms in total. The molecule has 0 amide bonds. The van der Waals surface area contributed by atoms with Crippen molar-refractivity contribution in [1.29, 1.82) is 0 Å². The van der Waals surface area contributed by atoms with Gasteiger partial charge in [0.05, 0.1) is 25.1 Å². The van der Waals surface area contributed by atoms with Crippen LogP contribution in [0.15, 0.2) is 6.07 Å². The van der Waals surface area contributed by atoms with E-state index in [1.54, 1.807) is 0 Å². The zero-order valence-electron chi connectivity index (χ0n) is 8.91. The normalized spacial score (nSPS) is 10.6. The number of carbonyl (C=O) groups is 1. The molecule has 0 bridgehead atoms. The largest absolute Gasteiger partial charge is 0.494 e. The third-order valence-electron chi connectivity index (χ3n) is 2.04. The Kier molecular flexibility index (Phi) is 4.62. The van der Waals surface area contributed by atoms with Gasteiger partial charge in [-0.1, -0.05) is 0 Å². The molecule has 0 aliphatic rings. The molecule has 7 heteroatoms. The van der Waals surface area contributed by atoms with Crippen molar-refractivity contribution < 1.29 is 23.4 Å². The van der Waals surface area contributed by atoms with Crippen LogP contribution in [0, 0.1) is 0 Å². The Balaban J connectivity index is 3.31. The van der Waals surface area contributed by atoms with Crippen LogP contribution in [0.3, 0.4) is 0 Å². The van der Waals surface area contributed by atoms with Crippen LogP contribution in [-0.4, -0.2) is 23.2 Å². The minimum Gasteiger partial charge on any atom is -0.494 e. The second-order valence-corrected chi connectivity index (χ2v) is 3.46. The first-order chi connectivity index (χ1) is 7.99. The average molecular weight is 266 g/mol. The molecule has 17 heavy (non-hydrogen) atoms. The lowest BCUT2D eigenvalue weighted by Gasteiger charge is -2.12. The fourth-order valence-electron chi connectivity index (χ4n) is 1.41. The van der Waals surface area contributed by atoms with Crippen LogP contribution in [0.5, 0.6) is 5.75 Å². The van der Waals surface area contributed by atoms with Crippen LogP contribution in [0.2, 0.25) is 0 Å². The first kappa shape index (κ1) is 13.6. The van der Waals surface area contributed by atoms with Gasteiger partial charge in [0.2, 0.25) is 0 Å². The molecule has 0 atom stereocenters. The van der Waals surface area contributed by atoms with E-state index in [0.717, 1.165) is 6.07 Å². The second kappa shape index (κ2) is 5.77. The van der Waals surface area contributed by atoms with E-state index in [4.69, 9.17) is 21.4 Å². The third kappa shape index (κ3) is 3.26. The van der Waals surface area contributed by atoms with E-state index in [0.29, 0.717) is 0 Å². The standard InChI is InChI=1S/C10H10ClF2NO3/c1-17-9-5(3-8(15)16)2-6(10(12)13)14-7(9)4-11/h2,10H,3-4H2,1H3,(H,15,16). The molecule has 0 fully saturated rings. The summed E-state index contributed by atoms with van der Waals surface area (Å²) in [6, 6.07) is 1.02. The monoisotopic (exact) mass is 265 g/mol. The van der Waals surface area contributed by atoms with Crippen LogP contribution in [0.25, 0.3) is 0 Å². The Morgan fingerprint density at radius 2 is 2.29 bits per heavy atom. The highest BCUT2D eigenvalue weighted by molar-refractivity contribution is 6.17. The Hall–Kier alpha value is -1.43. The molecule has 94 valence electrons. The molecule has 1 rings (SSSR count). The smallest absolute Gasteiger partial charge is 0.307 e. The summed E-state index contributed by atoms with van der Waals surface area (Å²) < 4.78 is 30.0. The molecule has 0 saturated carbocycles. The number of methoxy groups -OCH3 is 1. The van der Waals surface area contributed by atoms with E-state index in [-0.39, 0.29) is 22.9 Å². The molecule has 0 radical (unpaired) electrons. The van der Waals surface area contributed by atoms with Crippen LogP contribution in [0.4, 0.5) is 8.78 Å². The number of alkyl halides is 3. The summed E-state index contributed by atoms with van der Waals surface area (Å²) >= 11 is 5.56. The molecule has 0 spiro atoms. The van der Waals surface area contributed by atoms with Crippen molar-refractivity contribution in [2.75, 3.05) is 7.11 Å². The zero-order valence-corrected chi connectivity index (χ0v) is 9.67. The summed E-state index contributed by atoms with van der Waals surface area (Å²) in [7, 11) is 1.31. The van der Waals surface area contributed by atoms with Gasteiger partial charge in [-0.3, -0.25) is 4.79 Å². The minimum atomic E-state index is -2.78. The van der Waals surface area contributed by atoms with Gasteiger partial charge in [-0.2, -0.15) is 0 Å². The van der Waals surface area contributed by atoms with Gasteiger partial charge < -0.3 is 9.84 Å². The maximum Gasteiger partial charge on any atom is 0.307 e. The number of aliphatic carboxylic acids is 1. The number of halogens is 3. The number of pyridine rings is 1. The molecule has 0 saturated heterocycles. The zero-order chi connectivity index (χ0) is 13.0. The van der Waals surface area contributed by atoms with E-state index in [9.17, 15) is 13.6 Å². The van der Waals surface area contributed by atoms with E-state index >= 15 is 0 Å². The van der Waals surface area contributed by atoms with Gasteiger partial charge in [-0.15, -0.1) is 11.6 Å². The molecule has 1 aromatic heterocycles. The van der Waals surface area contributed by atoms with Crippen molar-refractivity contribution in [3.05, 3.63) is 23.0 Å². The van der Waals surface area contributed by atoms with Crippen molar-refractivity contribution >= 4 is 17.6 Å². The van der Waals surface area contributed by atoms with Crippen molar-refractivity contribution in [2.24, 2.45) is 0 Å². The summed E-state index contributed by atoms with van der Waals surface area (Å²) in [6.07, 6.45) is -3.20. The number of aromatic nitrogens is 1. The lowest BCUT2D eigenvalue weighted by atomic mass is 10.1. The van der Waals surface area contributed by atoms with Gasteiger partial charge in [0.1, 0.15) is 11.4 Å². The number of carboxylic acid groups (broad SMARTS) is 1. The fourth-order valence-corrected chi connectivity index (χ4v) is 1.59. The van der Waals surface area contributed by atoms with Crippen molar-refractivity contribution in [2.45, 2.75) is 18.7 Å². The van der Waals surface area contributed by atoms with E-state index in [1.165, 1.54) is 7.11 Å². The quantitative estimate of drug-likeness (QED) is 0.831. The number of rotatable bonds is 5. The van der Waals surface area contributed by atoms with Crippen LogP contribution < -0.4 is 4.74 Å². The van der Waals surface area contributed by atoms with Crippen molar-refractivity contribution in [3.8, 4) is 5.75 Å². The van der Waals surface area contributed by atoms with Crippen LogP contribution >= 0.6 is 11.6 Å². The number of hydrogen-bond donors (Lipinski definition) is 1. The fraction of sp³-hybridized carbons (Fsp3) is 0.400. The van der Waals surface area contributed by atoms with E-state index in [2.05, 4.69) is 4.98 Å². The summed E-state index contributed by atoms with van der Waals surface area (Å²) in [6.45, 7) is 0. The number of ether oxygens (including phenoxy) is 1. The van der Waals surface area contributed by atoms with Gasteiger partial charge in [-0.05, 0) is 6.07 Å². The maximum absolute atomic E-state index is 12.5. The summed E-state index contributed by atoms with van der Waals surface area (Å²) in [5.74, 6) is -1.13. The summed E-state index contributed by atoms with van der Waals surface area (Å²) in [5, 5.41) is 8.68. The molecular formula is C10H10ClF2NO3. The van der Waals surface area contributed by atoms with E-state index in [1.807, 2.05) is 0 Å². The second-order valence-electron chi connectivity index (χ2n) is 3.19. The maximum atomic E-state index is 12.5. The predicted octanol–water partition coefficient (Wildman–Crippen LogP) is 2.39. The molecule has 1 aromatic rings. The van der Waals surface area contributed by atoms with Gasteiger partial charge in [0.25, 0.3) is 6.43 Å². The third-order valence-corrected chi connectivity index (χ3v) is 2.29. The van der Waals surface area contributed by atoms with Gasteiger partial charge in [0, 0.05) is 5.56 Å². The Morgan fingerprint density at radius 3 is 2.71 bits per heavy atom. The lowest BCUT2D eigenvalue weighted by Crippen LogP contribution is -2.07. The Bertz CT molecular complexity index is 426. The molecule has 0 aliphatic carbocycles. The number of nitrogens with zero attached hydrogens (tertiary/aromatic N) is 1. The Morgan fingerprint density at radius 1 is 1.65 bits per heavy atom. The van der Waals surface area contributed by atoms with Crippen molar-refractivity contribution in [1.82, 2.24) is 4.98 Å². The summed E-state index contributed by atoms with van der Waals surface area (Å²) in [5.41, 5.74) is -0.248. The highest BCUT2D eigenvalue weighted by Crippen LogP contribution is 2.29. The van der Waals surface area contributed by atoms with E-state index < -0.39 is 24.5 Å². The predicted molar refractivity (Wildman–Crippen MR) is 56.6 cm³/mol. The van der Waals surface area contributed by atoms with Gasteiger partial charge in [0.15, 0.2) is 0 Å². The van der Waals surface area contributed by atoms with Crippen molar-refractivity contribution in [3.63, 3.8) is 0 Å². The lowest BCUT2D eigenvalue weighted by molar-refractivity contribution is -0.136. The molecular weight excluding hydrogens is 256 g/mol. The molecule has 0 unspecified atom stereocenters. The highest BCUT2D eigenvalue weighted by atomic mass is 35.5. The first-order valence-electron chi connectivity index (χ1n) is 4.62. The van der Waals surface area contributed by atoms with Gasteiger partial charge >= 0.3 is 5.97 Å². The average Bonchev–Trinajstić information content (AvgIpc) is 2.26. The van der Waals surface area contributed by atoms with Crippen LogP contribution in [0.1, 0.15) is 23.4 Å². The molecule has 0 aromatic carbocycles. The topological polar surface area (TPSA) is 59.4 Å². The number of hydrogen-bond acceptors (Lipinski definition) is 3. The van der Waals surface area contributed by atoms with Gasteiger partial charge in [-0.25, -0.2) is 13.8 Å². The molecule has 1 N–H and O–H groups in total. The molecule has 0 aliphatic heterocycles. The van der Waals surface area contributed by atoms with Crippen LogP contribution in [-0.2, 0) is 17.1 Å². The highest BCUT2D eigenvalue weighted by Gasteiger charge is 2.19. The Labute approximate surface area is 101 Å². The first-order valence-corrected chi connectivity index (χ1v) is 5.15. The molecule has 1 heterocycles.